The molecule has 0 amide bonds. The van der Waals surface area contributed by atoms with E-state index in [1.165, 1.54) is 25.7 Å². The van der Waals surface area contributed by atoms with Crippen molar-refractivity contribution in [1.29, 1.82) is 0 Å². The Bertz CT molecular complexity index is 364. The van der Waals surface area contributed by atoms with Gasteiger partial charge >= 0.3 is 0 Å². The van der Waals surface area contributed by atoms with Crippen LogP contribution in [0, 0.1) is 5.92 Å². The summed E-state index contributed by atoms with van der Waals surface area (Å²) in [6.07, 6.45) is 9.17. The molecular formula is C14H25N3O. The lowest BCUT2D eigenvalue weighted by Crippen LogP contribution is -2.32. The van der Waals surface area contributed by atoms with Gasteiger partial charge in [-0.25, -0.2) is 4.98 Å². The summed E-state index contributed by atoms with van der Waals surface area (Å²) in [5.41, 5.74) is 0. The first-order chi connectivity index (χ1) is 8.72. The zero-order valence-electron chi connectivity index (χ0n) is 11.7. The van der Waals surface area contributed by atoms with Gasteiger partial charge in [-0.15, -0.1) is 0 Å². The van der Waals surface area contributed by atoms with Crippen molar-refractivity contribution in [1.82, 2.24) is 9.55 Å². The Morgan fingerprint density at radius 3 is 3.00 bits per heavy atom. The van der Waals surface area contributed by atoms with Crippen LogP contribution in [0.4, 0.5) is 5.95 Å². The van der Waals surface area contributed by atoms with Crippen LogP contribution in [0.25, 0.3) is 0 Å². The Balaban J connectivity index is 2.02. The molecule has 1 aromatic heterocycles. The average Bonchev–Trinajstić information content (AvgIpc) is 2.81. The van der Waals surface area contributed by atoms with E-state index in [-0.39, 0.29) is 0 Å². The minimum Gasteiger partial charge on any atom is -0.383 e. The van der Waals surface area contributed by atoms with Crippen molar-refractivity contribution >= 4 is 5.95 Å². The Morgan fingerprint density at radius 1 is 1.50 bits per heavy atom. The molecule has 0 saturated heterocycles. The van der Waals surface area contributed by atoms with E-state index in [0.717, 1.165) is 11.9 Å². The summed E-state index contributed by atoms with van der Waals surface area (Å²) in [5, 5.41) is 3.61. The number of imidazole rings is 1. The van der Waals surface area contributed by atoms with E-state index in [1.54, 1.807) is 7.11 Å². The van der Waals surface area contributed by atoms with Crippen LogP contribution in [0.5, 0.6) is 0 Å². The van der Waals surface area contributed by atoms with Gasteiger partial charge in [-0.1, -0.05) is 19.8 Å². The van der Waals surface area contributed by atoms with Gasteiger partial charge in [0.1, 0.15) is 0 Å². The fourth-order valence-electron chi connectivity index (χ4n) is 2.80. The second kappa shape index (κ2) is 6.23. The van der Waals surface area contributed by atoms with Crippen LogP contribution < -0.4 is 5.32 Å². The van der Waals surface area contributed by atoms with Gasteiger partial charge in [0.2, 0.25) is 5.95 Å². The van der Waals surface area contributed by atoms with Crippen molar-refractivity contribution in [2.45, 2.75) is 51.6 Å². The molecule has 0 bridgehead atoms. The first kappa shape index (κ1) is 13.4. The number of rotatable bonds is 5. The molecule has 102 valence electrons. The van der Waals surface area contributed by atoms with Gasteiger partial charge in [0.15, 0.2) is 0 Å². The predicted octanol–water partition coefficient (Wildman–Crippen LogP) is 3.08. The summed E-state index contributed by atoms with van der Waals surface area (Å²) in [4.78, 5) is 4.44. The van der Waals surface area contributed by atoms with Crippen molar-refractivity contribution in [2.75, 3.05) is 19.0 Å². The largest absolute Gasteiger partial charge is 0.383 e. The van der Waals surface area contributed by atoms with E-state index in [0.29, 0.717) is 18.7 Å². The number of aromatic nitrogens is 2. The van der Waals surface area contributed by atoms with Crippen molar-refractivity contribution in [3.8, 4) is 0 Å². The molecule has 3 unspecified atom stereocenters. The highest BCUT2D eigenvalue weighted by atomic mass is 16.5. The molecule has 1 aromatic rings. The molecule has 1 saturated carbocycles. The van der Waals surface area contributed by atoms with Crippen LogP contribution in [0.15, 0.2) is 12.4 Å². The first-order valence-electron chi connectivity index (χ1n) is 7.00. The highest BCUT2D eigenvalue weighted by Gasteiger charge is 2.22. The first-order valence-corrected chi connectivity index (χ1v) is 7.00. The van der Waals surface area contributed by atoms with Gasteiger partial charge in [0, 0.05) is 25.5 Å². The second-order valence-electron chi connectivity index (χ2n) is 5.48. The SMILES string of the molecule is COCC(C)n1ccnc1NC1CCCCC1C. The lowest BCUT2D eigenvalue weighted by atomic mass is 9.86. The van der Waals surface area contributed by atoms with Gasteiger partial charge < -0.3 is 14.6 Å². The van der Waals surface area contributed by atoms with Crippen molar-refractivity contribution < 1.29 is 4.74 Å². The zero-order chi connectivity index (χ0) is 13.0. The molecule has 3 atom stereocenters. The van der Waals surface area contributed by atoms with Crippen molar-refractivity contribution in [2.24, 2.45) is 5.92 Å². The van der Waals surface area contributed by atoms with Crippen LogP contribution in [-0.4, -0.2) is 29.3 Å². The molecule has 1 heterocycles. The van der Waals surface area contributed by atoms with Crippen LogP contribution in [0.1, 0.15) is 45.6 Å². The van der Waals surface area contributed by atoms with E-state index < -0.39 is 0 Å². The Hall–Kier alpha value is -1.03. The molecule has 4 heteroatoms. The Kier molecular flexibility index (Phi) is 4.64. The van der Waals surface area contributed by atoms with Crippen molar-refractivity contribution in [3.05, 3.63) is 12.4 Å². The number of nitrogens with zero attached hydrogens (tertiary/aromatic N) is 2. The van der Waals surface area contributed by atoms with E-state index in [4.69, 9.17) is 4.74 Å². The van der Waals surface area contributed by atoms with Crippen molar-refractivity contribution in [3.63, 3.8) is 0 Å². The highest BCUT2D eigenvalue weighted by Crippen LogP contribution is 2.27. The molecule has 4 nitrogen and oxygen atoms in total. The number of methoxy groups -OCH3 is 1. The molecule has 0 aliphatic heterocycles. The van der Waals surface area contributed by atoms with E-state index in [9.17, 15) is 0 Å². The maximum absolute atomic E-state index is 5.22. The lowest BCUT2D eigenvalue weighted by molar-refractivity contribution is 0.162. The number of nitrogens with one attached hydrogen (secondary N) is 1. The molecule has 0 spiro atoms. The van der Waals surface area contributed by atoms with Gasteiger partial charge in [-0.05, 0) is 25.7 Å². The fraction of sp³-hybridized carbons (Fsp3) is 0.786. The number of hydrogen-bond acceptors (Lipinski definition) is 3. The third-order valence-electron chi connectivity index (χ3n) is 3.98. The molecule has 1 aliphatic carbocycles. The minimum atomic E-state index is 0.318. The molecule has 1 N–H and O–H groups in total. The normalized spacial score (nSPS) is 25.9. The molecule has 1 aliphatic rings. The van der Waals surface area contributed by atoms with Gasteiger partial charge in [-0.3, -0.25) is 0 Å². The van der Waals surface area contributed by atoms with E-state index in [2.05, 4.69) is 28.7 Å². The van der Waals surface area contributed by atoms with Crippen LogP contribution in [-0.2, 0) is 4.74 Å². The summed E-state index contributed by atoms with van der Waals surface area (Å²) in [6, 6.07) is 0.883. The summed E-state index contributed by atoms with van der Waals surface area (Å²) >= 11 is 0. The minimum absolute atomic E-state index is 0.318. The summed E-state index contributed by atoms with van der Waals surface area (Å²) < 4.78 is 7.39. The van der Waals surface area contributed by atoms with E-state index >= 15 is 0 Å². The smallest absolute Gasteiger partial charge is 0.203 e. The maximum Gasteiger partial charge on any atom is 0.203 e. The number of ether oxygens (including phenoxy) is 1. The van der Waals surface area contributed by atoms with Crippen LogP contribution in [0.2, 0.25) is 0 Å². The zero-order valence-corrected chi connectivity index (χ0v) is 11.7. The lowest BCUT2D eigenvalue weighted by Gasteiger charge is -2.30. The highest BCUT2D eigenvalue weighted by molar-refractivity contribution is 5.29. The molecule has 2 rings (SSSR count). The maximum atomic E-state index is 5.22. The molecule has 18 heavy (non-hydrogen) atoms. The summed E-state index contributed by atoms with van der Waals surface area (Å²) in [6.45, 7) is 5.20. The molecule has 0 aromatic carbocycles. The predicted molar refractivity (Wildman–Crippen MR) is 73.9 cm³/mol. The second-order valence-corrected chi connectivity index (χ2v) is 5.48. The summed E-state index contributed by atoms with van der Waals surface area (Å²) in [7, 11) is 1.74. The molecule has 0 radical (unpaired) electrons. The standard InChI is InChI=1S/C14H25N3O/c1-11-6-4-5-7-13(11)16-14-15-8-9-17(14)12(2)10-18-3/h8-9,11-13H,4-7,10H2,1-3H3,(H,15,16). The third kappa shape index (κ3) is 3.05. The average molecular weight is 251 g/mol. The van der Waals surface area contributed by atoms with E-state index in [1.807, 2.05) is 12.4 Å². The van der Waals surface area contributed by atoms with Gasteiger partial charge in [0.25, 0.3) is 0 Å². The fourth-order valence-corrected chi connectivity index (χ4v) is 2.80. The Morgan fingerprint density at radius 2 is 2.28 bits per heavy atom. The quantitative estimate of drug-likeness (QED) is 0.874. The van der Waals surface area contributed by atoms with Gasteiger partial charge in [-0.2, -0.15) is 0 Å². The third-order valence-corrected chi connectivity index (χ3v) is 3.98. The Labute approximate surface area is 110 Å². The topological polar surface area (TPSA) is 39.1 Å². The van der Waals surface area contributed by atoms with Crippen LogP contribution in [0.3, 0.4) is 0 Å². The molecular weight excluding hydrogens is 226 g/mol. The number of hydrogen-bond donors (Lipinski definition) is 1. The summed E-state index contributed by atoms with van der Waals surface area (Å²) in [5.74, 6) is 1.72. The monoisotopic (exact) mass is 251 g/mol. The van der Waals surface area contributed by atoms with Gasteiger partial charge in [0.05, 0.1) is 12.6 Å². The number of anilines is 1. The molecule has 1 fully saturated rings. The van der Waals surface area contributed by atoms with Crippen LogP contribution >= 0.6 is 0 Å².